The number of nitrogens with one attached hydrogen (secondary N) is 2. The monoisotopic (exact) mass is 322 g/mol. The largest absolute Gasteiger partial charge is 0.416 e. The average Bonchev–Trinajstić information content (AvgIpc) is 2.37. The Morgan fingerprint density at radius 3 is 2.50 bits per heavy atom. The normalized spacial score (nSPS) is 13.1. The van der Waals surface area contributed by atoms with Gasteiger partial charge < -0.3 is 15.7 Å². The van der Waals surface area contributed by atoms with E-state index >= 15 is 0 Å². The fraction of sp³-hybridized carbons (Fsp3) is 0.500. The van der Waals surface area contributed by atoms with E-state index < -0.39 is 35.4 Å². The number of carbonyl (C=O) groups is 1. The highest BCUT2D eigenvalue weighted by atomic mass is 19.4. The van der Waals surface area contributed by atoms with Gasteiger partial charge in [0, 0.05) is 6.54 Å². The maximum Gasteiger partial charge on any atom is 0.416 e. The number of carbonyl (C=O) groups excluding carboxylic acids is 1. The van der Waals surface area contributed by atoms with Gasteiger partial charge in [-0.3, -0.25) is 0 Å². The molecule has 0 radical (unpaired) electrons. The van der Waals surface area contributed by atoms with Crippen LogP contribution in [0.5, 0.6) is 0 Å². The van der Waals surface area contributed by atoms with Crippen molar-refractivity contribution in [3.8, 4) is 0 Å². The minimum absolute atomic E-state index is 0.0788. The van der Waals surface area contributed by atoms with Crippen LogP contribution in [0.2, 0.25) is 0 Å². The van der Waals surface area contributed by atoms with Crippen LogP contribution in [0.25, 0.3) is 0 Å². The highest BCUT2D eigenvalue weighted by molar-refractivity contribution is 5.89. The molecule has 0 fully saturated rings. The number of urea groups is 1. The molecular formula is C14H18F4N2O2. The zero-order chi connectivity index (χ0) is 16.9. The molecule has 1 rings (SSSR count). The first-order valence-corrected chi connectivity index (χ1v) is 6.69. The molecule has 1 unspecified atom stereocenters. The SMILES string of the molecule is CC(C)CC(O)CNC(=O)Nc1cc(C(F)(F)F)ccc1F. The summed E-state index contributed by atoms with van der Waals surface area (Å²) < 4.78 is 51.0. The summed E-state index contributed by atoms with van der Waals surface area (Å²) in [6, 6.07) is 0.845. The number of anilines is 1. The third-order valence-corrected chi connectivity index (χ3v) is 2.78. The molecule has 0 aliphatic rings. The molecule has 1 aromatic rings. The lowest BCUT2D eigenvalue weighted by atomic mass is 10.1. The van der Waals surface area contributed by atoms with Crippen molar-refractivity contribution < 1.29 is 27.5 Å². The zero-order valence-electron chi connectivity index (χ0n) is 12.2. The van der Waals surface area contributed by atoms with Crippen molar-refractivity contribution in [3.63, 3.8) is 0 Å². The second-order valence-electron chi connectivity index (χ2n) is 5.31. The molecule has 0 aliphatic heterocycles. The lowest BCUT2D eigenvalue weighted by Crippen LogP contribution is -2.36. The van der Waals surface area contributed by atoms with E-state index in [9.17, 15) is 27.5 Å². The smallest absolute Gasteiger partial charge is 0.391 e. The molecule has 0 saturated carbocycles. The average molecular weight is 322 g/mol. The molecule has 0 aromatic heterocycles. The Morgan fingerprint density at radius 1 is 1.32 bits per heavy atom. The molecule has 22 heavy (non-hydrogen) atoms. The van der Waals surface area contributed by atoms with Crippen molar-refractivity contribution in [1.29, 1.82) is 0 Å². The summed E-state index contributed by atoms with van der Waals surface area (Å²) in [5.41, 5.74) is -1.64. The van der Waals surface area contributed by atoms with E-state index in [4.69, 9.17) is 0 Å². The summed E-state index contributed by atoms with van der Waals surface area (Å²) in [6.45, 7) is 3.70. The number of amides is 2. The van der Waals surface area contributed by atoms with Crippen LogP contribution in [0.1, 0.15) is 25.8 Å². The quantitative estimate of drug-likeness (QED) is 0.728. The number of aliphatic hydroxyl groups excluding tert-OH is 1. The first kappa shape index (κ1) is 18.2. The molecule has 1 aromatic carbocycles. The first-order valence-electron chi connectivity index (χ1n) is 6.69. The molecular weight excluding hydrogens is 304 g/mol. The summed E-state index contributed by atoms with van der Waals surface area (Å²) in [4.78, 5) is 11.5. The molecule has 0 spiro atoms. The van der Waals surface area contributed by atoms with E-state index in [-0.39, 0.29) is 12.5 Å². The van der Waals surface area contributed by atoms with Gasteiger partial charge in [-0.15, -0.1) is 0 Å². The number of benzene rings is 1. The molecule has 4 nitrogen and oxygen atoms in total. The van der Waals surface area contributed by atoms with Crippen LogP contribution in [-0.2, 0) is 6.18 Å². The molecule has 0 aliphatic carbocycles. The van der Waals surface area contributed by atoms with Crippen molar-refractivity contribution >= 4 is 11.7 Å². The van der Waals surface area contributed by atoms with Gasteiger partial charge in [-0.2, -0.15) is 13.2 Å². The molecule has 1 atom stereocenters. The van der Waals surface area contributed by atoms with Gasteiger partial charge in [0.1, 0.15) is 5.82 Å². The van der Waals surface area contributed by atoms with Crippen molar-refractivity contribution in [2.75, 3.05) is 11.9 Å². The highest BCUT2D eigenvalue weighted by Crippen LogP contribution is 2.31. The van der Waals surface area contributed by atoms with Crippen LogP contribution in [-0.4, -0.2) is 23.8 Å². The summed E-state index contributed by atoms with van der Waals surface area (Å²) in [6.07, 6.45) is -4.95. The van der Waals surface area contributed by atoms with E-state index in [0.717, 1.165) is 0 Å². The summed E-state index contributed by atoms with van der Waals surface area (Å²) in [7, 11) is 0. The maximum atomic E-state index is 13.4. The Kier molecular flexibility index (Phi) is 6.16. The van der Waals surface area contributed by atoms with Crippen molar-refractivity contribution in [2.45, 2.75) is 32.5 Å². The fourth-order valence-electron chi connectivity index (χ4n) is 1.80. The van der Waals surface area contributed by atoms with Gasteiger partial charge in [0.05, 0.1) is 17.4 Å². The highest BCUT2D eigenvalue weighted by Gasteiger charge is 2.31. The number of hydrogen-bond acceptors (Lipinski definition) is 2. The van der Waals surface area contributed by atoms with Crippen LogP contribution < -0.4 is 10.6 Å². The predicted molar refractivity (Wildman–Crippen MR) is 73.9 cm³/mol. The van der Waals surface area contributed by atoms with Gasteiger partial charge in [0.25, 0.3) is 0 Å². The number of aliphatic hydroxyl groups is 1. The van der Waals surface area contributed by atoms with Crippen molar-refractivity contribution in [1.82, 2.24) is 5.32 Å². The van der Waals surface area contributed by atoms with E-state index in [2.05, 4.69) is 5.32 Å². The van der Waals surface area contributed by atoms with Crippen LogP contribution in [0.15, 0.2) is 18.2 Å². The van der Waals surface area contributed by atoms with Gasteiger partial charge in [-0.1, -0.05) is 13.8 Å². The minimum Gasteiger partial charge on any atom is -0.391 e. The molecule has 8 heteroatoms. The van der Waals surface area contributed by atoms with Gasteiger partial charge in [0.2, 0.25) is 0 Å². The Balaban J connectivity index is 2.64. The lowest BCUT2D eigenvalue weighted by molar-refractivity contribution is -0.137. The molecule has 0 bridgehead atoms. The lowest BCUT2D eigenvalue weighted by Gasteiger charge is -2.15. The topological polar surface area (TPSA) is 61.4 Å². The molecule has 2 amide bonds. The second-order valence-corrected chi connectivity index (χ2v) is 5.31. The van der Waals surface area contributed by atoms with Gasteiger partial charge in [-0.25, -0.2) is 9.18 Å². The number of rotatable bonds is 5. The third-order valence-electron chi connectivity index (χ3n) is 2.78. The molecule has 3 N–H and O–H groups in total. The maximum absolute atomic E-state index is 13.4. The Morgan fingerprint density at radius 2 is 1.95 bits per heavy atom. The third kappa shape index (κ3) is 5.88. The number of hydrogen-bond donors (Lipinski definition) is 3. The predicted octanol–water partition coefficient (Wildman–Crippen LogP) is 3.37. The Hall–Kier alpha value is -1.83. The number of alkyl halides is 3. The Bertz CT molecular complexity index is 518. The summed E-state index contributed by atoms with van der Waals surface area (Å²) in [5, 5.41) is 13.8. The van der Waals surface area contributed by atoms with E-state index in [0.29, 0.717) is 24.6 Å². The zero-order valence-corrected chi connectivity index (χ0v) is 12.2. The van der Waals surface area contributed by atoms with E-state index in [1.54, 1.807) is 0 Å². The summed E-state index contributed by atoms with van der Waals surface area (Å²) in [5.74, 6) is -0.758. The van der Waals surface area contributed by atoms with Crippen LogP contribution in [0, 0.1) is 11.7 Å². The van der Waals surface area contributed by atoms with Gasteiger partial charge >= 0.3 is 12.2 Å². The van der Waals surface area contributed by atoms with Gasteiger partial charge in [-0.05, 0) is 30.5 Å². The summed E-state index contributed by atoms with van der Waals surface area (Å²) >= 11 is 0. The van der Waals surface area contributed by atoms with Crippen molar-refractivity contribution in [3.05, 3.63) is 29.6 Å². The second kappa shape index (κ2) is 7.44. The van der Waals surface area contributed by atoms with E-state index in [1.165, 1.54) is 0 Å². The van der Waals surface area contributed by atoms with Crippen LogP contribution in [0.3, 0.4) is 0 Å². The standard InChI is InChI=1S/C14H18F4N2O2/c1-8(2)5-10(21)7-19-13(22)20-12-6-9(14(16,17)18)3-4-11(12)15/h3-4,6,8,10,21H,5,7H2,1-2H3,(H2,19,20,22). The van der Waals surface area contributed by atoms with Crippen LogP contribution in [0.4, 0.5) is 28.0 Å². The van der Waals surface area contributed by atoms with Crippen LogP contribution >= 0.6 is 0 Å². The molecule has 0 saturated heterocycles. The Labute approximate surface area is 125 Å². The van der Waals surface area contributed by atoms with Crippen molar-refractivity contribution in [2.24, 2.45) is 5.92 Å². The fourth-order valence-corrected chi connectivity index (χ4v) is 1.80. The van der Waals surface area contributed by atoms with Gasteiger partial charge in [0.15, 0.2) is 0 Å². The molecule has 0 heterocycles. The number of halogens is 4. The first-order chi connectivity index (χ1) is 10.1. The van der Waals surface area contributed by atoms with E-state index in [1.807, 2.05) is 19.2 Å². The minimum atomic E-state index is -4.63. The molecule has 124 valence electrons.